The number of nitrogens with zero attached hydrogens (tertiary/aromatic N) is 1. The molecule has 0 bridgehead atoms. The quantitative estimate of drug-likeness (QED) is 0.501. The van der Waals surface area contributed by atoms with Crippen molar-refractivity contribution >= 4 is 11.6 Å². The summed E-state index contributed by atoms with van der Waals surface area (Å²) in [5, 5.41) is 7.32. The van der Waals surface area contributed by atoms with Gasteiger partial charge >= 0.3 is 0 Å². The van der Waals surface area contributed by atoms with Gasteiger partial charge in [0.2, 0.25) is 0 Å². The van der Waals surface area contributed by atoms with Gasteiger partial charge in [-0.1, -0.05) is 50.3 Å². The Hall–Kier alpha value is -1.00. The Morgan fingerprint density at radius 1 is 1.50 bits per heavy atom. The predicted octanol–water partition coefficient (Wildman–Crippen LogP) is 4.47. The van der Waals surface area contributed by atoms with E-state index in [1.807, 2.05) is 39.0 Å². The van der Waals surface area contributed by atoms with E-state index >= 15 is 0 Å². The maximum Gasteiger partial charge on any atom is 0.0587 e. The van der Waals surface area contributed by atoms with Crippen LogP contribution in [-0.2, 0) is 0 Å². The van der Waals surface area contributed by atoms with Crippen molar-refractivity contribution in [3.8, 4) is 6.07 Å². The number of hydrogen-bond acceptors (Lipinski definition) is 1. The summed E-state index contributed by atoms with van der Waals surface area (Å²) in [5.74, 6) is 0.577. The Balaban J connectivity index is -0.000000205. The second-order valence-corrected chi connectivity index (χ2v) is 2.23. The lowest BCUT2D eigenvalue weighted by Gasteiger charge is -1.85. The van der Waals surface area contributed by atoms with Crippen LogP contribution in [0.15, 0.2) is 36.5 Å². The van der Waals surface area contributed by atoms with Gasteiger partial charge < -0.3 is 0 Å². The van der Waals surface area contributed by atoms with Crippen LogP contribution in [0.2, 0.25) is 0 Å². The van der Waals surface area contributed by atoms with Crippen LogP contribution in [0.5, 0.6) is 0 Å². The molecule has 0 aliphatic rings. The van der Waals surface area contributed by atoms with Crippen molar-refractivity contribution in [1.82, 2.24) is 0 Å². The van der Waals surface area contributed by atoms with Crippen LogP contribution in [0.25, 0.3) is 0 Å². The van der Waals surface area contributed by atoms with Crippen LogP contribution in [-0.4, -0.2) is 5.88 Å². The minimum absolute atomic E-state index is 0.577. The molecule has 0 aromatic carbocycles. The molecule has 0 aromatic heterocycles. The van der Waals surface area contributed by atoms with Gasteiger partial charge in [-0.3, -0.25) is 0 Å². The fourth-order valence-corrected chi connectivity index (χ4v) is 0.653. The summed E-state index contributed by atoms with van der Waals surface area (Å²) in [6, 6.07) is 1.75. The highest BCUT2D eigenvalue weighted by atomic mass is 35.5. The highest BCUT2D eigenvalue weighted by molar-refractivity contribution is 6.18. The molecule has 0 N–H and O–H groups in total. The molecule has 0 aliphatic heterocycles. The molecule has 0 aromatic rings. The highest BCUT2D eigenvalue weighted by Gasteiger charge is 1.75. The van der Waals surface area contributed by atoms with Gasteiger partial charge in [0.05, 0.1) is 6.07 Å². The molecule has 0 saturated heterocycles. The molecular weight excluding hydrogens is 194 g/mol. The molecule has 0 atom stereocenters. The van der Waals surface area contributed by atoms with Gasteiger partial charge in [0.15, 0.2) is 0 Å². The molecule has 2 heteroatoms. The number of alkyl halides is 1. The first-order valence-corrected chi connectivity index (χ1v) is 5.09. The van der Waals surface area contributed by atoms with Gasteiger partial charge in [-0.15, -0.1) is 11.6 Å². The van der Waals surface area contributed by atoms with E-state index in [1.54, 1.807) is 12.1 Å². The molecule has 0 saturated carbocycles. The monoisotopic (exact) mass is 213 g/mol. The third-order valence-electron chi connectivity index (χ3n) is 0.894. The Labute approximate surface area is 93.4 Å². The lowest BCUT2D eigenvalue weighted by molar-refractivity contribution is 1.48. The number of nitriles is 1. The van der Waals surface area contributed by atoms with Crippen molar-refractivity contribution in [3.63, 3.8) is 0 Å². The SMILES string of the molecule is C=C/C=C\C(C)=C/CCl.CC.CC#N. The lowest BCUT2D eigenvalue weighted by Crippen LogP contribution is -1.67. The normalized spacial score (nSPS) is 9.00. The highest BCUT2D eigenvalue weighted by Crippen LogP contribution is 1.94. The van der Waals surface area contributed by atoms with Crippen molar-refractivity contribution in [1.29, 1.82) is 5.26 Å². The van der Waals surface area contributed by atoms with Crippen LogP contribution >= 0.6 is 11.6 Å². The first-order chi connectivity index (χ1) is 6.72. The van der Waals surface area contributed by atoms with Crippen LogP contribution in [0, 0.1) is 11.3 Å². The van der Waals surface area contributed by atoms with Crippen molar-refractivity contribution in [2.75, 3.05) is 5.88 Å². The predicted molar refractivity (Wildman–Crippen MR) is 66.4 cm³/mol. The number of allylic oxidation sites excluding steroid dienone is 5. The topological polar surface area (TPSA) is 23.8 Å². The van der Waals surface area contributed by atoms with E-state index in [0.717, 1.165) is 0 Å². The molecule has 1 nitrogen and oxygen atoms in total. The van der Waals surface area contributed by atoms with E-state index in [0.29, 0.717) is 5.88 Å². The summed E-state index contributed by atoms with van der Waals surface area (Å²) >= 11 is 5.44. The molecule has 0 spiro atoms. The zero-order valence-electron chi connectivity index (χ0n) is 9.55. The summed E-state index contributed by atoms with van der Waals surface area (Å²) in [6.07, 6.45) is 7.54. The zero-order chi connectivity index (χ0) is 11.8. The van der Waals surface area contributed by atoms with Gasteiger partial charge in [-0.25, -0.2) is 0 Å². The molecule has 0 fully saturated rings. The minimum Gasteiger partial charge on any atom is -0.199 e. The van der Waals surface area contributed by atoms with Crippen molar-refractivity contribution < 1.29 is 0 Å². The molecule has 0 amide bonds. The Morgan fingerprint density at radius 2 is 1.93 bits per heavy atom. The maximum atomic E-state index is 7.32. The molecule has 0 radical (unpaired) electrons. The minimum atomic E-state index is 0.577. The first kappa shape index (κ1) is 18.7. The number of rotatable bonds is 3. The fraction of sp³-hybridized carbons (Fsp3) is 0.417. The van der Waals surface area contributed by atoms with Gasteiger partial charge in [0.1, 0.15) is 0 Å². The largest absolute Gasteiger partial charge is 0.199 e. The van der Waals surface area contributed by atoms with Gasteiger partial charge in [-0.2, -0.15) is 5.26 Å². The maximum absolute atomic E-state index is 7.32. The molecule has 14 heavy (non-hydrogen) atoms. The van der Waals surface area contributed by atoms with Crippen LogP contribution < -0.4 is 0 Å². The summed E-state index contributed by atoms with van der Waals surface area (Å²) in [5.41, 5.74) is 1.17. The first-order valence-electron chi connectivity index (χ1n) is 4.55. The number of halogens is 1. The lowest BCUT2D eigenvalue weighted by atomic mass is 10.3. The fourth-order valence-electron chi connectivity index (χ4n) is 0.410. The second kappa shape index (κ2) is 22.7. The summed E-state index contributed by atoms with van der Waals surface area (Å²) < 4.78 is 0. The van der Waals surface area contributed by atoms with E-state index in [2.05, 4.69) is 6.58 Å². The molecule has 0 unspecified atom stereocenters. The van der Waals surface area contributed by atoms with Crippen LogP contribution in [0.4, 0.5) is 0 Å². The van der Waals surface area contributed by atoms with E-state index in [4.69, 9.17) is 16.9 Å². The van der Waals surface area contributed by atoms with Crippen molar-refractivity contribution in [2.45, 2.75) is 27.7 Å². The smallest absolute Gasteiger partial charge is 0.0587 e. The standard InChI is InChI=1S/C8H11Cl.C2H3N.C2H6/c1-3-4-5-8(2)6-7-9;1-2-3;1-2/h3-6H,1,7H2,2H3;1H3;1-2H3/b5-4-,8-6-;;. The van der Waals surface area contributed by atoms with Crippen molar-refractivity contribution in [2.24, 2.45) is 0 Å². The Bertz CT molecular complexity index is 197. The molecule has 80 valence electrons. The summed E-state index contributed by atoms with van der Waals surface area (Å²) in [7, 11) is 0. The number of hydrogen-bond donors (Lipinski definition) is 0. The third-order valence-corrected chi connectivity index (χ3v) is 1.05. The van der Waals surface area contributed by atoms with E-state index in [9.17, 15) is 0 Å². The van der Waals surface area contributed by atoms with Gasteiger partial charge in [-0.05, 0) is 6.92 Å². The average Bonchev–Trinajstić information content (AvgIpc) is 2.20. The van der Waals surface area contributed by atoms with Gasteiger partial charge in [0.25, 0.3) is 0 Å². The molecule has 0 rings (SSSR count). The summed E-state index contributed by atoms with van der Waals surface area (Å²) in [6.45, 7) is 11.0. The molecule has 0 aliphatic carbocycles. The second-order valence-electron chi connectivity index (χ2n) is 1.92. The average molecular weight is 214 g/mol. The van der Waals surface area contributed by atoms with E-state index in [-0.39, 0.29) is 0 Å². The summed E-state index contributed by atoms with van der Waals surface area (Å²) in [4.78, 5) is 0. The Morgan fingerprint density at radius 3 is 2.21 bits per heavy atom. The van der Waals surface area contributed by atoms with Crippen LogP contribution in [0.3, 0.4) is 0 Å². The molecule has 0 heterocycles. The van der Waals surface area contributed by atoms with Crippen LogP contribution in [0.1, 0.15) is 27.7 Å². The zero-order valence-corrected chi connectivity index (χ0v) is 10.3. The third kappa shape index (κ3) is 30.6. The van der Waals surface area contributed by atoms with E-state index in [1.165, 1.54) is 12.5 Å². The Kier molecular flexibility index (Phi) is 30.3. The van der Waals surface area contributed by atoms with Crippen molar-refractivity contribution in [3.05, 3.63) is 36.5 Å². The van der Waals surface area contributed by atoms with Gasteiger partial charge in [0, 0.05) is 12.8 Å². The van der Waals surface area contributed by atoms with E-state index < -0.39 is 0 Å². The molecular formula is C12H20ClN.